The lowest BCUT2D eigenvalue weighted by molar-refractivity contribution is 0.0814. The van der Waals surface area contributed by atoms with Gasteiger partial charge in [0.25, 0.3) is 0 Å². The van der Waals surface area contributed by atoms with Gasteiger partial charge >= 0.3 is 0 Å². The minimum atomic E-state index is -1.85. The summed E-state index contributed by atoms with van der Waals surface area (Å²) in [5.41, 5.74) is 6.25. The molecule has 168 valence electrons. The molecule has 2 saturated carbocycles. The van der Waals surface area contributed by atoms with Gasteiger partial charge in [-0.05, 0) is 109 Å². The molecule has 0 unspecified atom stereocenters. The van der Waals surface area contributed by atoms with E-state index < -0.39 is 8.32 Å². The van der Waals surface area contributed by atoms with Crippen LogP contribution in [0.2, 0.25) is 18.1 Å². The number of hydrogen-bond donors (Lipinski definition) is 0. The summed E-state index contributed by atoms with van der Waals surface area (Å²) in [7, 11) is -1.85. The molecule has 0 spiro atoms. The van der Waals surface area contributed by atoms with Gasteiger partial charge in [0, 0.05) is 6.08 Å². The molecule has 2 fully saturated rings. The van der Waals surface area contributed by atoms with Crippen molar-refractivity contribution < 1.29 is 4.43 Å². The van der Waals surface area contributed by atoms with Gasteiger partial charge in [-0.25, -0.2) is 0 Å². The first-order valence-corrected chi connectivity index (χ1v) is 15.4. The minimum Gasteiger partial charge on any atom is -0.543 e. The third kappa shape index (κ3) is 3.69. The van der Waals surface area contributed by atoms with Crippen LogP contribution in [-0.4, -0.2) is 8.32 Å². The molecule has 4 atom stereocenters. The number of nitriles is 1. The Morgan fingerprint density at radius 3 is 2.58 bits per heavy atom. The molecule has 4 rings (SSSR count). The van der Waals surface area contributed by atoms with E-state index in [4.69, 9.17) is 4.43 Å². The van der Waals surface area contributed by atoms with Crippen LogP contribution in [0.4, 0.5) is 0 Å². The first kappa shape index (κ1) is 22.7. The number of hydrogen-bond acceptors (Lipinski definition) is 2. The third-order valence-electron chi connectivity index (χ3n) is 9.54. The molecule has 3 aliphatic rings. The molecular formula is C28H41NOSi. The number of fused-ring (bicyclic) bond motifs is 5. The average Bonchev–Trinajstić information content (AvgIpc) is 3.03. The van der Waals surface area contributed by atoms with E-state index >= 15 is 0 Å². The van der Waals surface area contributed by atoms with Crippen LogP contribution in [0.25, 0.3) is 0 Å². The minimum absolute atomic E-state index is 0.212. The van der Waals surface area contributed by atoms with Crippen molar-refractivity contribution in [1.29, 1.82) is 5.26 Å². The molecule has 0 aromatic heterocycles. The van der Waals surface area contributed by atoms with Crippen molar-refractivity contribution in [3.05, 3.63) is 40.5 Å². The van der Waals surface area contributed by atoms with Crippen molar-refractivity contribution in [2.45, 2.75) is 104 Å². The number of rotatable bonds is 3. The highest BCUT2D eigenvalue weighted by molar-refractivity contribution is 6.74. The molecule has 0 amide bonds. The van der Waals surface area contributed by atoms with E-state index in [1.807, 2.05) is 6.08 Å². The fraction of sp³-hybridized carbons (Fsp3) is 0.679. The van der Waals surface area contributed by atoms with Gasteiger partial charge in [-0.2, -0.15) is 5.26 Å². The van der Waals surface area contributed by atoms with E-state index in [1.165, 1.54) is 43.2 Å². The molecule has 1 aromatic carbocycles. The van der Waals surface area contributed by atoms with Gasteiger partial charge in [0.15, 0.2) is 0 Å². The molecule has 31 heavy (non-hydrogen) atoms. The fourth-order valence-corrected chi connectivity index (χ4v) is 7.65. The highest BCUT2D eigenvalue weighted by atomic mass is 28.4. The monoisotopic (exact) mass is 435 g/mol. The molecule has 2 nitrogen and oxygen atoms in total. The Balaban J connectivity index is 1.67. The van der Waals surface area contributed by atoms with E-state index in [0.29, 0.717) is 5.92 Å². The summed E-state index contributed by atoms with van der Waals surface area (Å²) in [5, 5.41) is 9.49. The van der Waals surface area contributed by atoms with Crippen molar-refractivity contribution >= 4 is 8.32 Å². The van der Waals surface area contributed by atoms with Crippen molar-refractivity contribution in [3.8, 4) is 11.8 Å². The predicted molar refractivity (Wildman–Crippen MR) is 132 cm³/mol. The first-order chi connectivity index (χ1) is 14.5. The lowest BCUT2D eigenvalue weighted by Crippen LogP contribution is -2.44. The molecule has 3 heteroatoms. The number of benzene rings is 1. The van der Waals surface area contributed by atoms with Gasteiger partial charge in [-0.3, -0.25) is 0 Å². The second kappa shape index (κ2) is 7.80. The Labute approximate surface area is 191 Å². The highest BCUT2D eigenvalue weighted by Crippen LogP contribution is 2.63. The van der Waals surface area contributed by atoms with E-state index in [9.17, 15) is 5.26 Å². The Bertz CT molecular complexity index is 932. The summed E-state index contributed by atoms with van der Waals surface area (Å²) in [6.45, 7) is 16.4. The largest absolute Gasteiger partial charge is 0.543 e. The van der Waals surface area contributed by atoms with Gasteiger partial charge in [0.2, 0.25) is 8.32 Å². The van der Waals surface area contributed by atoms with Crippen molar-refractivity contribution in [2.24, 2.45) is 17.3 Å². The summed E-state index contributed by atoms with van der Waals surface area (Å²) < 4.78 is 6.82. The van der Waals surface area contributed by atoms with Crippen LogP contribution in [0.5, 0.6) is 5.75 Å². The van der Waals surface area contributed by atoms with Crippen molar-refractivity contribution in [3.63, 3.8) is 0 Å². The molecule has 0 bridgehead atoms. The van der Waals surface area contributed by atoms with Crippen molar-refractivity contribution in [2.75, 3.05) is 0 Å². The van der Waals surface area contributed by atoms with Crippen LogP contribution in [0.3, 0.4) is 0 Å². The van der Waals surface area contributed by atoms with Gasteiger partial charge in [-0.15, -0.1) is 0 Å². The van der Waals surface area contributed by atoms with E-state index in [1.54, 1.807) is 11.1 Å². The van der Waals surface area contributed by atoms with Crippen molar-refractivity contribution in [1.82, 2.24) is 0 Å². The maximum atomic E-state index is 9.27. The van der Waals surface area contributed by atoms with Gasteiger partial charge in [0.1, 0.15) is 5.75 Å². The molecule has 3 aliphatic carbocycles. The highest BCUT2D eigenvalue weighted by Gasteiger charge is 2.52. The van der Waals surface area contributed by atoms with E-state index in [0.717, 1.165) is 30.4 Å². The quantitative estimate of drug-likeness (QED) is 0.356. The Kier molecular flexibility index (Phi) is 5.70. The summed E-state index contributed by atoms with van der Waals surface area (Å²) >= 11 is 0. The van der Waals surface area contributed by atoms with Crippen LogP contribution in [0.1, 0.15) is 89.3 Å². The summed E-state index contributed by atoms with van der Waals surface area (Å²) in [5.74, 6) is 3.36. The molecule has 0 saturated heterocycles. The molecule has 0 aliphatic heterocycles. The summed E-state index contributed by atoms with van der Waals surface area (Å²) in [6, 6.07) is 7.28. The Morgan fingerprint density at radius 2 is 1.94 bits per heavy atom. The zero-order valence-corrected chi connectivity index (χ0v) is 21.8. The molecule has 0 radical (unpaired) electrons. The van der Waals surface area contributed by atoms with Crippen LogP contribution in [0.15, 0.2) is 23.8 Å². The van der Waals surface area contributed by atoms with Crippen LogP contribution in [0, 0.1) is 28.6 Å². The summed E-state index contributed by atoms with van der Waals surface area (Å²) in [4.78, 5) is 0. The summed E-state index contributed by atoms with van der Waals surface area (Å²) in [6.07, 6.45) is 10.3. The SMILES string of the molecule is CCc1cc2c(cc1O[Si](C)(C)C(C)(C)C)CC[C@@H]1[C@@H]2CC[C@]2(C)C(=CC#N)CC[C@@H]12. The fourth-order valence-electron chi connectivity index (χ4n) is 6.61. The zero-order valence-electron chi connectivity index (χ0n) is 20.8. The standard InChI is InChI=1S/C28H41NOSi/c1-8-19-17-24-20(18-26(19)30-31(6,7)27(2,3)4)9-11-23-22(24)13-15-28(5)21(14-16-29)10-12-25(23)28/h14,17-18,22-23,25H,8-13,15H2,1-7H3/t22-,23+,25-,28+/m0/s1. The van der Waals surface area contributed by atoms with Gasteiger partial charge in [0.05, 0.1) is 6.07 Å². The predicted octanol–water partition coefficient (Wildman–Crippen LogP) is 7.94. The maximum absolute atomic E-state index is 9.27. The topological polar surface area (TPSA) is 33.0 Å². The maximum Gasteiger partial charge on any atom is 0.250 e. The Hall–Kier alpha value is -1.53. The van der Waals surface area contributed by atoms with Crippen LogP contribution >= 0.6 is 0 Å². The lowest BCUT2D eigenvalue weighted by atomic mass is 9.55. The first-order valence-electron chi connectivity index (χ1n) is 12.5. The Morgan fingerprint density at radius 1 is 1.19 bits per heavy atom. The van der Waals surface area contributed by atoms with Gasteiger partial charge < -0.3 is 4.43 Å². The second-order valence-corrected chi connectivity index (χ2v) is 16.8. The van der Waals surface area contributed by atoms with Crippen LogP contribution < -0.4 is 4.43 Å². The lowest BCUT2D eigenvalue weighted by Gasteiger charge is -2.49. The third-order valence-corrected chi connectivity index (χ3v) is 13.9. The molecule has 0 heterocycles. The molecule has 0 N–H and O–H groups in total. The average molecular weight is 436 g/mol. The normalized spacial score (nSPS) is 31.5. The van der Waals surface area contributed by atoms with E-state index in [2.05, 4.69) is 65.9 Å². The van der Waals surface area contributed by atoms with Crippen LogP contribution in [-0.2, 0) is 12.8 Å². The number of allylic oxidation sites excluding steroid dienone is 2. The molecular weight excluding hydrogens is 394 g/mol. The second-order valence-electron chi connectivity index (χ2n) is 12.1. The molecule has 1 aromatic rings. The number of nitrogens with zero attached hydrogens (tertiary/aromatic N) is 1. The number of aryl methyl sites for hydroxylation is 2. The van der Waals surface area contributed by atoms with E-state index in [-0.39, 0.29) is 10.5 Å². The van der Waals surface area contributed by atoms with Gasteiger partial charge in [-0.1, -0.05) is 46.3 Å². The smallest absolute Gasteiger partial charge is 0.250 e. The zero-order chi connectivity index (χ0) is 22.6.